The van der Waals surface area contributed by atoms with Gasteiger partial charge in [-0.05, 0) is 11.1 Å². The highest BCUT2D eigenvalue weighted by Crippen LogP contribution is 2.41. The van der Waals surface area contributed by atoms with Gasteiger partial charge in [0.25, 0.3) is 5.91 Å². The average molecular weight is 504 g/mol. The first-order chi connectivity index (χ1) is 16.3. The Morgan fingerprint density at radius 2 is 1.97 bits per heavy atom. The molecule has 1 unspecified atom stereocenters. The quantitative estimate of drug-likeness (QED) is 0.270. The van der Waals surface area contributed by atoms with Crippen LogP contribution in [0.4, 0.5) is 0 Å². The van der Waals surface area contributed by atoms with E-state index >= 15 is 0 Å². The standard InChI is InChI=1S/C21H21N5O6S2/c27-14(8-11-4-2-1-3-5-11)23-16-18(30)26-17(20(31)32)12(9-33-19(16)26)10-34-21-22-13(24-25-21)6-7-15(28)29/h1-5,16,19H,6-10H2,(H,23,27)(H,28,29)(H,31,32)(H,22,24,25)/t16?,19-/m0/s1. The molecule has 1 fully saturated rings. The van der Waals surface area contributed by atoms with E-state index in [1.54, 1.807) is 0 Å². The van der Waals surface area contributed by atoms with E-state index in [2.05, 4.69) is 20.5 Å². The number of H-pyrrole nitrogens is 1. The van der Waals surface area contributed by atoms with Gasteiger partial charge in [0, 0.05) is 17.9 Å². The van der Waals surface area contributed by atoms with Crippen LogP contribution in [0.1, 0.15) is 17.8 Å². The summed E-state index contributed by atoms with van der Waals surface area (Å²) in [5, 5.41) is 29.1. The minimum atomic E-state index is -1.21. The van der Waals surface area contributed by atoms with Crippen molar-refractivity contribution in [1.82, 2.24) is 25.4 Å². The van der Waals surface area contributed by atoms with Crippen LogP contribution in [0.5, 0.6) is 0 Å². The van der Waals surface area contributed by atoms with Crippen LogP contribution >= 0.6 is 23.5 Å². The van der Waals surface area contributed by atoms with Crippen LogP contribution in [0.15, 0.2) is 46.8 Å². The van der Waals surface area contributed by atoms with Crippen molar-refractivity contribution in [1.29, 1.82) is 0 Å². The Morgan fingerprint density at radius 3 is 2.68 bits per heavy atom. The maximum absolute atomic E-state index is 12.8. The zero-order chi connectivity index (χ0) is 24.2. The van der Waals surface area contributed by atoms with Crippen molar-refractivity contribution in [3.05, 3.63) is 53.0 Å². The molecule has 1 aromatic heterocycles. The van der Waals surface area contributed by atoms with Crippen molar-refractivity contribution in [2.75, 3.05) is 11.5 Å². The van der Waals surface area contributed by atoms with Crippen molar-refractivity contribution in [3.8, 4) is 0 Å². The van der Waals surface area contributed by atoms with Crippen molar-refractivity contribution in [2.45, 2.75) is 35.8 Å². The number of rotatable bonds is 10. The number of β-lactam (4-membered cyclic amide) rings is 1. The maximum atomic E-state index is 12.8. The first kappa shape index (κ1) is 23.8. The van der Waals surface area contributed by atoms with E-state index in [0.717, 1.165) is 5.56 Å². The molecule has 1 saturated heterocycles. The SMILES string of the molecule is O=C(O)CCc1nnc(SCC2=C(C(=O)O)N3C(=O)C(NC(=O)Cc4ccccc4)[C@@H]3SC2)[nH]1. The van der Waals surface area contributed by atoms with Crippen LogP contribution in [0, 0.1) is 0 Å². The number of carboxylic acids is 2. The molecule has 11 nitrogen and oxygen atoms in total. The van der Waals surface area contributed by atoms with Gasteiger partial charge in [-0.15, -0.1) is 22.0 Å². The fourth-order valence-electron chi connectivity index (χ4n) is 3.64. The molecule has 3 heterocycles. The van der Waals surface area contributed by atoms with Gasteiger partial charge in [-0.1, -0.05) is 42.1 Å². The van der Waals surface area contributed by atoms with Gasteiger partial charge in [-0.2, -0.15) is 0 Å². The summed E-state index contributed by atoms with van der Waals surface area (Å²) >= 11 is 2.62. The van der Waals surface area contributed by atoms with Crippen LogP contribution in [-0.4, -0.2) is 77.0 Å². The number of fused-ring (bicyclic) bond motifs is 1. The number of carbonyl (C=O) groups is 4. The molecule has 2 aliphatic heterocycles. The van der Waals surface area contributed by atoms with Gasteiger partial charge in [0.15, 0.2) is 5.16 Å². The number of carboxylic acid groups (broad SMARTS) is 2. The molecule has 1 aromatic carbocycles. The number of nitrogens with zero attached hydrogens (tertiary/aromatic N) is 3. The van der Waals surface area contributed by atoms with Gasteiger partial charge in [0.05, 0.1) is 12.8 Å². The monoisotopic (exact) mass is 503 g/mol. The van der Waals surface area contributed by atoms with Gasteiger partial charge in [-0.25, -0.2) is 4.79 Å². The predicted molar refractivity (Wildman–Crippen MR) is 123 cm³/mol. The molecule has 13 heteroatoms. The number of aromatic nitrogens is 3. The Bertz CT molecular complexity index is 1150. The zero-order valence-corrected chi connectivity index (χ0v) is 19.4. The van der Waals surface area contributed by atoms with Crippen LogP contribution in [0.3, 0.4) is 0 Å². The van der Waals surface area contributed by atoms with E-state index in [1.807, 2.05) is 30.3 Å². The second kappa shape index (κ2) is 10.3. The third kappa shape index (κ3) is 5.25. The van der Waals surface area contributed by atoms with Gasteiger partial charge < -0.3 is 20.5 Å². The summed E-state index contributed by atoms with van der Waals surface area (Å²) in [6, 6.07) is 8.38. The first-order valence-electron chi connectivity index (χ1n) is 10.3. The van der Waals surface area contributed by atoms with Crippen LogP contribution in [0.2, 0.25) is 0 Å². The van der Waals surface area contributed by atoms with E-state index < -0.39 is 29.3 Å². The highest BCUT2D eigenvalue weighted by molar-refractivity contribution is 8.01. The van der Waals surface area contributed by atoms with E-state index in [-0.39, 0.29) is 36.6 Å². The summed E-state index contributed by atoms with van der Waals surface area (Å²) in [5.74, 6) is -1.81. The number of amides is 2. The molecule has 2 aromatic rings. The summed E-state index contributed by atoms with van der Waals surface area (Å²) in [7, 11) is 0. The lowest BCUT2D eigenvalue weighted by Crippen LogP contribution is -2.70. The summed E-state index contributed by atoms with van der Waals surface area (Å²) in [6.45, 7) is 0. The summed E-state index contributed by atoms with van der Waals surface area (Å²) in [6.07, 6.45) is 0.270. The van der Waals surface area contributed by atoms with Gasteiger partial charge in [-0.3, -0.25) is 19.3 Å². The topological polar surface area (TPSA) is 166 Å². The Labute approximate surface area is 202 Å². The lowest BCUT2D eigenvalue weighted by atomic mass is 10.0. The lowest BCUT2D eigenvalue weighted by Gasteiger charge is -2.49. The smallest absolute Gasteiger partial charge is 0.352 e. The Hall–Kier alpha value is -3.32. The molecule has 4 N–H and O–H groups in total. The molecule has 2 aliphatic rings. The van der Waals surface area contributed by atoms with Gasteiger partial charge in [0.2, 0.25) is 5.91 Å². The molecule has 0 bridgehead atoms. The lowest BCUT2D eigenvalue weighted by molar-refractivity contribution is -0.150. The van der Waals surface area contributed by atoms with Crippen LogP contribution < -0.4 is 5.32 Å². The molecule has 2 amide bonds. The summed E-state index contributed by atoms with van der Waals surface area (Å²) < 4.78 is 0. The fraction of sp³-hybridized carbons (Fsp3) is 0.333. The highest BCUT2D eigenvalue weighted by atomic mass is 32.2. The minimum Gasteiger partial charge on any atom is -0.481 e. The molecule has 0 radical (unpaired) electrons. The van der Waals surface area contributed by atoms with E-state index in [1.165, 1.54) is 28.4 Å². The number of benzene rings is 1. The summed E-state index contributed by atoms with van der Waals surface area (Å²) in [5.41, 5.74) is 1.31. The number of aryl methyl sites for hydroxylation is 1. The molecule has 0 spiro atoms. The Balaban J connectivity index is 1.38. The number of thioether (sulfide) groups is 2. The van der Waals surface area contributed by atoms with E-state index in [4.69, 9.17) is 5.11 Å². The van der Waals surface area contributed by atoms with Crippen molar-refractivity contribution < 1.29 is 29.4 Å². The zero-order valence-electron chi connectivity index (χ0n) is 17.8. The van der Waals surface area contributed by atoms with Crippen LogP contribution in [-0.2, 0) is 32.0 Å². The first-order valence-corrected chi connectivity index (χ1v) is 12.4. The molecule has 2 atom stereocenters. The molecular weight excluding hydrogens is 482 g/mol. The largest absolute Gasteiger partial charge is 0.481 e. The third-order valence-electron chi connectivity index (χ3n) is 5.25. The fourth-order valence-corrected chi connectivity index (χ4v) is 5.95. The normalized spacial score (nSPS) is 19.4. The molecule has 4 rings (SSSR count). The highest BCUT2D eigenvalue weighted by Gasteiger charge is 2.54. The number of aromatic amines is 1. The second-order valence-corrected chi connectivity index (χ2v) is 9.70. The Morgan fingerprint density at radius 1 is 1.21 bits per heavy atom. The number of nitrogens with one attached hydrogen (secondary N) is 2. The average Bonchev–Trinajstić information content (AvgIpc) is 3.27. The third-order valence-corrected chi connectivity index (χ3v) is 7.53. The number of carbonyl (C=O) groups excluding carboxylic acids is 2. The minimum absolute atomic E-state index is 0.0691. The summed E-state index contributed by atoms with van der Waals surface area (Å²) in [4.78, 5) is 52.0. The van der Waals surface area contributed by atoms with E-state index in [0.29, 0.717) is 22.3 Å². The van der Waals surface area contributed by atoms with Crippen molar-refractivity contribution in [3.63, 3.8) is 0 Å². The van der Waals surface area contributed by atoms with Gasteiger partial charge in [0.1, 0.15) is 22.9 Å². The maximum Gasteiger partial charge on any atom is 0.352 e. The molecular formula is C21H21N5O6S2. The van der Waals surface area contributed by atoms with Gasteiger partial charge >= 0.3 is 11.9 Å². The number of hydrogen-bond acceptors (Lipinski definition) is 8. The van der Waals surface area contributed by atoms with Crippen LogP contribution in [0.25, 0.3) is 0 Å². The molecule has 34 heavy (non-hydrogen) atoms. The molecule has 0 aliphatic carbocycles. The number of hydrogen-bond donors (Lipinski definition) is 4. The number of aliphatic carboxylic acids is 2. The predicted octanol–water partition coefficient (Wildman–Crippen LogP) is 0.895. The molecule has 178 valence electrons. The Kier molecular flexibility index (Phi) is 7.22. The van der Waals surface area contributed by atoms with Crippen molar-refractivity contribution >= 4 is 47.3 Å². The van der Waals surface area contributed by atoms with E-state index in [9.17, 15) is 24.3 Å². The molecule has 0 saturated carbocycles. The second-order valence-electron chi connectivity index (χ2n) is 7.63. The van der Waals surface area contributed by atoms with Crippen molar-refractivity contribution in [2.24, 2.45) is 0 Å².